The van der Waals surface area contributed by atoms with E-state index in [1.165, 1.54) is 19.3 Å². The van der Waals surface area contributed by atoms with Gasteiger partial charge in [-0.2, -0.15) is 0 Å². The van der Waals surface area contributed by atoms with Crippen molar-refractivity contribution in [2.75, 3.05) is 0 Å². The van der Waals surface area contributed by atoms with Gasteiger partial charge in [-0.25, -0.2) is 0 Å². The first-order chi connectivity index (χ1) is 6.42. The van der Waals surface area contributed by atoms with Crippen LogP contribution < -0.4 is 0 Å². The molecule has 14 heavy (non-hydrogen) atoms. The van der Waals surface area contributed by atoms with Crippen LogP contribution in [0.2, 0.25) is 0 Å². The average Bonchev–Trinajstić information content (AvgIpc) is 2.00. The molecule has 0 fully saturated rings. The van der Waals surface area contributed by atoms with Crippen molar-refractivity contribution in [3.63, 3.8) is 0 Å². The molecule has 0 rings (SSSR count). The standard InChI is InChI=1S/C11H21BrO2/c1-11(2,12)9-7-5-3-4-6-8-10(13)14/h3-9H2,1-2H3,(H,13,14). The van der Waals surface area contributed by atoms with Crippen molar-refractivity contribution in [2.45, 2.75) is 63.1 Å². The molecule has 0 aromatic rings. The van der Waals surface area contributed by atoms with Crippen LogP contribution in [0.15, 0.2) is 0 Å². The summed E-state index contributed by atoms with van der Waals surface area (Å²) in [4.78, 5) is 10.2. The van der Waals surface area contributed by atoms with Gasteiger partial charge in [0.05, 0.1) is 0 Å². The Kier molecular flexibility index (Phi) is 7.24. The lowest BCUT2D eigenvalue weighted by Gasteiger charge is -2.14. The van der Waals surface area contributed by atoms with Gasteiger partial charge in [-0.1, -0.05) is 55.5 Å². The third kappa shape index (κ3) is 11.9. The van der Waals surface area contributed by atoms with Crippen LogP contribution in [0.25, 0.3) is 0 Å². The molecule has 0 bridgehead atoms. The first-order valence-electron chi connectivity index (χ1n) is 5.32. The second-order valence-corrected chi connectivity index (χ2v) is 6.53. The van der Waals surface area contributed by atoms with Crippen molar-refractivity contribution in [3.05, 3.63) is 0 Å². The Morgan fingerprint density at radius 3 is 2.14 bits per heavy atom. The van der Waals surface area contributed by atoms with Gasteiger partial charge < -0.3 is 5.11 Å². The smallest absolute Gasteiger partial charge is 0.303 e. The monoisotopic (exact) mass is 264 g/mol. The highest BCUT2D eigenvalue weighted by Crippen LogP contribution is 2.23. The van der Waals surface area contributed by atoms with Gasteiger partial charge in [0, 0.05) is 10.7 Å². The number of carbonyl (C=O) groups is 1. The van der Waals surface area contributed by atoms with Gasteiger partial charge in [0.1, 0.15) is 0 Å². The van der Waals surface area contributed by atoms with Gasteiger partial charge in [-0.3, -0.25) is 4.79 Å². The largest absolute Gasteiger partial charge is 0.481 e. The third-order valence-electron chi connectivity index (χ3n) is 2.16. The highest BCUT2D eigenvalue weighted by Gasteiger charge is 2.10. The van der Waals surface area contributed by atoms with Crippen LogP contribution in [-0.2, 0) is 4.79 Å². The molecule has 0 aliphatic heterocycles. The molecule has 2 nitrogen and oxygen atoms in total. The van der Waals surface area contributed by atoms with Gasteiger partial charge in [-0.05, 0) is 12.8 Å². The Bertz CT molecular complexity index is 161. The number of carboxylic acids is 1. The fourth-order valence-electron chi connectivity index (χ4n) is 1.35. The zero-order valence-corrected chi connectivity index (χ0v) is 10.8. The van der Waals surface area contributed by atoms with Crippen molar-refractivity contribution >= 4 is 21.9 Å². The highest BCUT2D eigenvalue weighted by atomic mass is 79.9. The maximum Gasteiger partial charge on any atom is 0.303 e. The number of hydrogen-bond acceptors (Lipinski definition) is 1. The molecule has 0 aromatic carbocycles. The maximum atomic E-state index is 10.2. The van der Waals surface area contributed by atoms with Crippen molar-refractivity contribution in [2.24, 2.45) is 0 Å². The Morgan fingerprint density at radius 2 is 1.64 bits per heavy atom. The van der Waals surface area contributed by atoms with Crippen LogP contribution in [0.3, 0.4) is 0 Å². The molecule has 0 amide bonds. The minimum Gasteiger partial charge on any atom is -0.481 e. The number of hydrogen-bond donors (Lipinski definition) is 1. The molecular weight excluding hydrogens is 244 g/mol. The van der Waals surface area contributed by atoms with Gasteiger partial charge in [0.2, 0.25) is 0 Å². The summed E-state index contributed by atoms with van der Waals surface area (Å²) in [5, 5.41) is 8.42. The molecule has 0 saturated heterocycles. The van der Waals surface area contributed by atoms with Gasteiger partial charge in [0.15, 0.2) is 0 Å². The summed E-state index contributed by atoms with van der Waals surface area (Å²) in [5.41, 5.74) is 0. The SMILES string of the molecule is CC(C)(Br)CCCCCCCC(=O)O. The highest BCUT2D eigenvalue weighted by molar-refractivity contribution is 9.10. The number of alkyl halides is 1. The summed E-state index contributed by atoms with van der Waals surface area (Å²) < 4.78 is 0.258. The summed E-state index contributed by atoms with van der Waals surface area (Å²) in [6.45, 7) is 4.36. The minimum absolute atomic E-state index is 0.258. The minimum atomic E-state index is -0.674. The van der Waals surface area contributed by atoms with E-state index >= 15 is 0 Å². The van der Waals surface area contributed by atoms with Crippen LogP contribution in [-0.4, -0.2) is 15.4 Å². The molecule has 0 aliphatic rings. The van der Waals surface area contributed by atoms with E-state index in [1.54, 1.807) is 0 Å². The Hall–Kier alpha value is -0.0500. The second kappa shape index (κ2) is 7.27. The summed E-state index contributed by atoms with van der Waals surface area (Å²) >= 11 is 3.60. The fraction of sp³-hybridized carbons (Fsp3) is 0.909. The molecule has 0 aliphatic carbocycles. The normalized spacial score (nSPS) is 11.6. The average molecular weight is 265 g/mol. The second-order valence-electron chi connectivity index (χ2n) is 4.38. The summed E-state index contributed by atoms with van der Waals surface area (Å²) in [7, 11) is 0. The summed E-state index contributed by atoms with van der Waals surface area (Å²) in [6, 6.07) is 0. The molecular formula is C11H21BrO2. The van der Waals surface area contributed by atoms with E-state index < -0.39 is 5.97 Å². The molecule has 0 saturated carbocycles. The lowest BCUT2D eigenvalue weighted by atomic mass is 10.0. The number of aliphatic carboxylic acids is 1. The first kappa shape index (κ1) is 13.9. The molecule has 0 atom stereocenters. The number of rotatable bonds is 8. The zero-order chi connectivity index (χ0) is 11.0. The van der Waals surface area contributed by atoms with E-state index in [2.05, 4.69) is 29.8 Å². The fourth-order valence-corrected chi connectivity index (χ4v) is 1.63. The first-order valence-corrected chi connectivity index (χ1v) is 6.12. The van der Waals surface area contributed by atoms with Crippen molar-refractivity contribution in [3.8, 4) is 0 Å². The van der Waals surface area contributed by atoms with E-state index in [-0.39, 0.29) is 4.32 Å². The summed E-state index contributed by atoms with van der Waals surface area (Å²) in [5.74, 6) is -0.674. The molecule has 0 aromatic heterocycles. The number of unbranched alkanes of at least 4 members (excludes halogenated alkanes) is 4. The molecule has 0 unspecified atom stereocenters. The molecule has 0 radical (unpaired) electrons. The maximum absolute atomic E-state index is 10.2. The number of carboxylic acid groups (broad SMARTS) is 1. The molecule has 0 spiro atoms. The van der Waals surface area contributed by atoms with E-state index in [1.807, 2.05) is 0 Å². The van der Waals surface area contributed by atoms with Crippen LogP contribution in [0, 0.1) is 0 Å². The van der Waals surface area contributed by atoms with Crippen LogP contribution in [0.1, 0.15) is 58.8 Å². The Labute approximate surface area is 95.2 Å². The predicted molar refractivity (Wildman–Crippen MR) is 63.0 cm³/mol. The number of halogens is 1. The lowest BCUT2D eigenvalue weighted by Crippen LogP contribution is -2.08. The molecule has 0 heterocycles. The molecule has 84 valence electrons. The van der Waals surface area contributed by atoms with E-state index in [0.29, 0.717) is 6.42 Å². The van der Waals surface area contributed by atoms with Crippen LogP contribution in [0.4, 0.5) is 0 Å². The third-order valence-corrected chi connectivity index (χ3v) is 2.56. The van der Waals surface area contributed by atoms with Gasteiger partial charge >= 0.3 is 5.97 Å². The topological polar surface area (TPSA) is 37.3 Å². The van der Waals surface area contributed by atoms with Gasteiger partial charge in [-0.15, -0.1) is 0 Å². The predicted octanol–water partition coefficient (Wildman–Crippen LogP) is 3.98. The quantitative estimate of drug-likeness (QED) is 0.532. The Morgan fingerprint density at radius 1 is 1.14 bits per heavy atom. The summed E-state index contributed by atoms with van der Waals surface area (Å²) in [6.07, 6.45) is 6.99. The van der Waals surface area contributed by atoms with E-state index in [0.717, 1.165) is 19.3 Å². The Balaban J connectivity index is 3.11. The van der Waals surface area contributed by atoms with E-state index in [4.69, 9.17) is 5.11 Å². The van der Waals surface area contributed by atoms with Crippen LogP contribution >= 0.6 is 15.9 Å². The van der Waals surface area contributed by atoms with Crippen molar-refractivity contribution in [1.82, 2.24) is 0 Å². The zero-order valence-electron chi connectivity index (χ0n) is 9.18. The van der Waals surface area contributed by atoms with Crippen molar-refractivity contribution < 1.29 is 9.90 Å². The van der Waals surface area contributed by atoms with E-state index in [9.17, 15) is 4.79 Å². The van der Waals surface area contributed by atoms with Gasteiger partial charge in [0.25, 0.3) is 0 Å². The molecule has 1 N–H and O–H groups in total. The lowest BCUT2D eigenvalue weighted by molar-refractivity contribution is -0.137. The molecule has 3 heteroatoms. The van der Waals surface area contributed by atoms with Crippen molar-refractivity contribution in [1.29, 1.82) is 0 Å². The van der Waals surface area contributed by atoms with Crippen LogP contribution in [0.5, 0.6) is 0 Å².